The molecule has 1 aromatic carbocycles. The van der Waals surface area contributed by atoms with Gasteiger partial charge in [0.2, 0.25) is 6.10 Å². The van der Waals surface area contributed by atoms with Crippen LogP contribution in [0.4, 0.5) is 5.69 Å². The SMILES string of the molecule is COC(=O)C1CN(C(=O)C=Cc2ccco2)c2ccccc2O1. The fourth-order valence-electron chi connectivity index (χ4n) is 2.33. The first-order valence-electron chi connectivity index (χ1n) is 7.05. The van der Waals surface area contributed by atoms with Gasteiger partial charge in [-0.2, -0.15) is 0 Å². The van der Waals surface area contributed by atoms with Crippen LogP contribution in [0.1, 0.15) is 5.76 Å². The average Bonchev–Trinajstić information content (AvgIpc) is 3.11. The third kappa shape index (κ3) is 3.11. The molecule has 0 saturated carbocycles. The van der Waals surface area contributed by atoms with E-state index < -0.39 is 12.1 Å². The number of anilines is 1. The van der Waals surface area contributed by atoms with Crippen molar-refractivity contribution in [3.05, 3.63) is 54.5 Å². The number of carbonyl (C=O) groups is 2. The van der Waals surface area contributed by atoms with Gasteiger partial charge in [0, 0.05) is 6.08 Å². The van der Waals surface area contributed by atoms with E-state index in [1.807, 2.05) is 0 Å². The maximum absolute atomic E-state index is 12.5. The van der Waals surface area contributed by atoms with Crippen LogP contribution in [0.2, 0.25) is 0 Å². The van der Waals surface area contributed by atoms with Crippen LogP contribution in [-0.2, 0) is 14.3 Å². The van der Waals surface area contributed by atoms with Gasteiger partial charge in [-0.05, 0) is 30.3 Å². The summed E-state index contributed by atoms with van der Waals surface area (Å²) in [4.78, 5) is 25.8. The van der Waals surface area contributed by atoms with Crippen LogP contribution in [0.15, 0.2) is 53.2 Å². The third-order valence-electron chi connectivity index (χ3n) is 3.44. The molecule has 23 heavy (non-hydrogen) atoms. The second-order valence-corrected chi connectivity index (χ2v) is 4.89. The number of furan rings is 1. The van der Waals surface area contributed by atoms with Crippen molar-refractivity contribution in [3.8, 4) is 5.75 Å². The topological polar surface area (TPSA) is 69.0 Å². The molecule has 1 aromatic heterocycles. The van der Waals surface area contributed by atoms with Crippen molar-refractivity contribution < 1.29 is 23.5 Å². The van der Waals surface area contributed by atoms with Crippen molar-refractivity contribution in [1.82, 2.24) is 0 Å². The Hall–Kier alpha value is -3.02. The van der Waals surface area contributed by atoms with Gasteiger partial charge >= 0.3 is 5.97 Å². The highest BCUT2D eigenvalue weighted by Gasteiger charge is 2.33. The lowest BCUT2D eigenvalue weighted by atomic mass is 10.2. The van der Waals surface area contributed by atoms with Gasteiger partial charge in [0.25, 0.3) is 5.91 Å². The maximum Gasteiger partial charge on any atom is 0.348 e. The summed E-state index contributed by atoms with van der Waals surface area (Å²) in [6, 6.07) is 10.5. The van der Waals surface area contributed by atoms with Crippen molar-refractivity contribution >= 4 is 23.6 Å². The lowest BCUT2D eigenvalue weighted by Gasteiger charge is -2.32. The van der Waals surface area contributed by atoms with Crippen LogP contribution in [0.5, 0.6) is 5.75 Å². The van der Waals surface area contributed by atoms with Crippen LogP contribution in [0, 0.1) is 0 Å². The summed E-state index contributed by atoms with van der Waals surface area (Å²) in [7, 11) is 1.29. The van der Waals surface area contributed by atoms with Gasteiger partial charge in [-0.1, -0.05) is 12.1 Å². The van der Waals surface area contributed by atoms with Crippen LogP contribution >= 0.6 is 0 Å². The molecule has 0 radical (unpaired) electrons. The summed E-state index contributed by atoms with van der Waals surface area (Å²) < 4.78 is 15.5. The summed E-state index contributed by atoms with van der Waals surface area (Å²) in [5.74, 6) is 0.247. The van der Waals surface area contributed by atoms with Crippen molar-refractivity contribution in [2.75, 3.05) is 18.6 Å². The molecule has 0 fully saturated rings. The van der Waals surface area contributed by atoms with E-state index in [-0.39, 0.29) is 12.5 Å². The number of hydrogen-bond acceptors (Lipinski definition) is 5. The molecule has 0 saturated heterocycles. The van der Waals surface area contributed by atoms with E-state index >= 15 is 0 Å². The number of hydrogen-bond donors (Lipinski definition) is 0. The maximum atomic E-state index is 12.5. The Morgan fingerprint density at radius 3 is 2.83 bits per heavy atom. The molecular formula is C17H15NO5. The molecule has 118 valence electrons. The molecule has 0 aliphatic carbocycles. The predicted octanol–water partition coefficient (Wildman–Crippen LogP) is 2.26. The Morgan fingerprint density at radius 2 is 2.09 bits per heavy atom. The van der Waals surface area contributed by atoms with E-state index in [9.17, 15) is 9.59 Å². The Balaban J connectivity index is 1.87. The van der Waals surface area contributed by atoms with Crippen molar-refractivity contribution in [3.63, 3.8) is 0 Å². The van der Waals surface area contributed by atoms with Gasteiger partial charge in [0.15, 0.2) is 0 Å². The van der Waals surface area contributed by atoms with Crippen LogP contribution in [-0.4, -0.2) is 31.6 Å². The molecule has 1 aliphatic rings. The van der Waals surface area contributed by atoms with E-state index in [1.54, 1.807) is 42.5 Å². The number of methoxy groups -OCH3 is 1. The molecule has 0 bridgehead atoms. The highest BCUT2D eigenvalue weighted by Crippen LogP contribution is 2.33. The fraction of sp³-hybridized carbons (Fsp3) is 0.176. The van der Waals surface area contributed by atoms with Crippen LogP contribution < -0.4 is 9.64 Å². The number of nitrogens with zero attached hydrogens (tertiary/aromatic N) is 1. The predicted molar refractivity (Wildman–Crippen MR) is 83.0 cm³/mol. The number of para-hydroxylation sites is 2. The quantitative estimate of drug-likeness (QED) is 0.642. The Labute approximate surface area is 132 Å². The zero-order chi connectivity index (χ0) is 16.2. The summed E-state index contributed by atoms with van der Waals surface area (Å²) in [5, 5.41) is 0. The lowest BCUT2D eigenvalue weighted by molar-refractivity contribution is -0.148. The van der Waals surface area contributed by atoms with Crippen molar-refractivity contribution in [2.45, 2.75) is 6.10 Å². The van der Waals surface area contributed by atoms with E-state index in [0.717, 1.165) is 0 Å². The van der Waals surface area contributed by atoms with Gasteiger partial charge in [-0.25, -0.2) is 4.79 Å². The van der Waals surface area contributed by atoms with Crippen LogP contribution in [0.25, 0.3) is 6.08 Å². The summed E-state index contributed by atoms with van der Waals surface area (Å²) >= 11 is 0. The van der Waals surface area contributed by atoms with E-state index in [1.165, 1.54) is 24.3 Å². The summed E-state index contributed by atoms with van der Waals surface area (Å²) in [6.45, 7) is 0.0883. The average molecular weight is 313 g/mol. The molecule has 6 heteroatoms. The van der Waals surface area contributed by atoms with Gasteiger partial charge in [0.1, 0.15) is 11.5 Å². The Morgan fingerprint density at radius 1 is 1.26 bits per heavy atom. The minimum atomic E-state index is -0.851. The number of amides is 1. The largest absolute Gasteiger partial charge is 0.475 e. The number of rotatable bonds is 3. The van der Waals surface area contributed by atoms with Crippen LogP contribution in [0.3, 0.4) is 0 Å². The second kappa shape index (κ2) is 6.39. The molecule has 1 aliphatic heterocycles. The third-order valence-corrected chi connectivity index (χ3v) is 3.44. The molecule has 2 aromatic rings. The number of ether oxygens (including phenoxy) is 2. The summed E-state index contributed by atoms with van der Waals surface area (Å²) in [6.07, 6.45) is 3.65. The van der Waals surface area contributed by atoms with E-state index in [2.05, 4.69) is 0 Å². The number of carbonyl (C=O) groups excluding carboxylic acids is 2. The molecule has 0 spiro atoms. The zero-order valence-corrected chi connectivity index (χ0v) is 12.5. The fourth-order valence-corrected chi connectivity index (χ4v) is 2.33. The van der Waals surface area contributed by atoms with Crippen molar-refractivity contribution in [1.29, 1.82) is 0 Å². The number of benzene rings is 1. The molecule has 1 amide bonds. The minimum Gasteiger partial charge on any atom is -0.475 e. The zero-order valence-electron chi connectivity index (χ0n) is 12.5. The van der Waals surface area contributed by atoms with Gasteiger partial charge in [-0.3, -0.25) is 4.79 Å². The first kappa shape index (κ1) is 14.9. The number of fused-ring (bicyclic) bond motifs is 1. The molecule has 6 nitrogen and oxygen atoms in total. The smallest absolute Gasteiger partial charge is 0.348 e. The van der Waals surface area contributed by atoms with Crippen molar-refractivity contribution in [2.24, 2.45) is 0 Å². The molecule has 2 heterocycles. The van der Waals surface area contributed by atoms with Gasteiger partial charge in [0.05, 0.1) is 25.6 Å². The standard InChI is InChI=1S/C17H15NO5/c1-21-17(20)15-11-18(13-6-2-3-7-14(13)23-15)16(19)9-8-12-5-4-10-22-12/h2-10,15H,11H2,1H3. The number of esters is 1. The first-order chi connectivity index (χ1) is 11.2. The van der Waals surface area contributed by atoms with Gasteiger partial charge in [-0.15, -0.1) is 0 Å². The van der Waals surface area contributed by atoms with E-state index in [0.29, 0.717) is 17.2 Å². The molecule has 1 atom stereocenters. The first-order valence-corrected chi connectivity index (χ1v) is 7.05. The summed E-state index contributed by atoms with van der Waals surface area (Å²) in [5.41, 5.74) is 0.613. The molecule has 0 N–H and O–H groups in total. The molecule has 1 unspecified atom stereocenters. The second-order valence-electron chi connectivity index (χ2n) is 4.89. The monoisotopic (exact) mass is 313 g/mol. The Bertz CT molecular complexity index is 735. The lowest BCUT2D eigenvalue weighted by Crippen LogP contribution is -2.47. The van der Waals surface area contributed by atoms with Gasteiger partial charge < -0.3 is 18.8 Å². The van der Waals surface area contributed by atoms with E-state index in [4.69, 9.17) is 13.9 Å². The highest BCUT2D eigenvalue weighted by atomic mass is 16.6. The molecule has 3 rings (SSSR count). The Kier molecular flexibility index (Phi) is 4.14. The minimum absolute atomic E-state index is 0.0883. The highest BCUT2D eigenvalue weighted by molar-refractivity contribution is 6.05. The molecular weight excluding hydrogens is 298 g/mol. The normalized spacial score (nSPS) is 16.7.